The molecule has 2 bridgehead atoms. The predicted octanol–water partition coefficient (Wildman–Crippen LogP) is 3.76. The molecule has 1 aromatic carbocycles. The van der Waals surface area contributed by atoms with E-state index in [1.807, 2.05) is 25.7 Å². The molecule has 2 saturated heterocycles. The summed E-state index contributed by atoms with van der Waals surface area (Å²) in [6, 6.07) is 10.9. The number of amides is 1. The van der Waals surface area contributed by atoms with Crippen LogP contribution in [0.2, 0.25) is 0 Å². The molecule has 1 amide bonds. The van der Waals surface area contributed by atoms with Crippen LogP contribution in [-0.4, -0.2) is 47.2 Å². The van der Waals surface area contributed by atoms with E-state index in [1.54, 1.807) is 0 Å². The standard InChI is InChI=1S/C20H30N2O2/c1-15-18-10-17(13-22(15)19(23)24-20(2,3)4)12-21(14-18)11-16-8-6-5-7-9-16/h5-9,15,17-18H,10-14H2,1-4H3/t15-,17+,18-/m1/s1. The average molecular weight is 330 g/mol. The normalized spacial score (nSPS) is 27.8. The van der Waals surface area contributed by atoms with E-state index in [1.165, 1.54) is 12.0 Å². The second-order valence-corrected chi connectivity index (χ2v) is 8.41. The van der Waals surface area contributed by atoms with Gasteiger partial charge >= 0.3 is 6.09 Å². The molecule has 4 heteroatoms. The largest absolute Gasteiger partial charge is 0.444 e. The van der Waals surface area contributed by atoms with Crippen molar-refractivity contribution >= 4 is 6.09 Å². The minimum Gasteiger partial charge on any atom is -0.444 e. The zero-order chi connectivity index (χ0) is 17.3. The SMILES string of the molecule is C[C@@H]1[C@@H]2C[C@@H](CN(Cc3ccccc3)C2)CN1C(=O)OC(C)(C)C. The smallest absolute Gasteiger partial charge is 0.410 e. The molecule has 24 heavy (non-hydrogen) atoms. The molecule has 0 saturated carbocycles. The molecule has 4 nitrogen and oxygen atoms in total. The van der Waals surface area contributed by atoms with Crippen molar-refractivity contribution in [2.24, 2.45) is 11.8 Å². The van der Waals surface area contributed by atoms with E-state index in [9.17, 15) is 4.79 Å². The molecular weight excluding hydrogens is 300 g/mol. The number of hydrogen-bond acceptors (Lipinski definition) is 3. The van der Waals surface area contributed by atoms with Gasteiger partial charge in [-0.05, 0) is 51.5 Å². The second-order valence-electron chi connectivity index (χ2n) is 8.41. The first-order valence-electron chi connectivity index (χ1n) is 9.08. The number of piperidine rings is 2. The Morgan fingerprint density at radius 2 is 1.88 bits per heavy atom. The lowest BCUT2D eigenvalue weighted by Crippen LogP contribution is -2.58. The maximum Gasteiger partial charge on any atom is 0.410 e. The minimum absolute atomic E-state index is 0.152. The van der Waals surface area contributed by atoms with E-state index in [2.05, 4.69) is 42.2 Å². The van der Waals surface area contributed by atoms with Gasteiger partial charge in [0.2, 0.25) is 0 Å². The van der Waals surface area contributed by atoms with Crippen LogP contribution in [0.3, 0.4) is 0 Å². The van der Waals surface area contributed by atoms with Crippen LogP contribution in [0.1, 0.15) is 39.7 Å². The Bertz CT molecular complexity index is 567. The molecule has 0 aromatic heterocycles. The van der Waals surface area contributed by atoms with Gasteiger partial charge in [-0.2, -0.15) is 0 Å². The van der Waals surface area contributed by atoms with Crippen molar-refractivity contribution in [2.75, 3.05) is 19.6 Å². The highest BCUT2D eigenvalue weighted by Crippen LogP contribution is 2.34. The maximum absolute atomic E-state index is 12.5. The average Bonchev–Trinajstić information content (AvgIpc) is 2.50. The highest BCUT2D eigenvalue weighted by molar-refractivity contribution is 5.68. The van der Waals surface area contributed by atoms with Gasteiger partial charge in [-0.1, -0.05) is 30.3 Å². The Kier molecular flexibility index (Phi) is 4.86. The lowest BCUT2D eigenvalue weighted by atomic mass is 9.80. The van der Waals surface area contributed by atoms with E-state index < -0.39 is 5.60 Å². The lowest BCUT2D eigenvalue weighted by Gasteiger charge is -2.49. The van der Waals surface area contributed by atoms with Gasteiger partial charge in [0.05, 0.1) is 0 Å². The van der Waals surface area contributed by atoms with Gasteiger partial charge in [-0.25, -0.2) is 4.79 Å². The van der Waals surface area contributed by atoms with Gasteiger partial charge in [0.25, 0.3) is 0 Å². The van der Waals surface area contributed by atoms with Crippen LogP contribution >= 0.6 is 0 Å². The van der Waals surface area contributed by atoms with Crippen molar-refractivity contribution in [3.05, 3.63) is 35.9 Å². The lowest BCUT2D eigenvalue weighted by molar-refractivity contribution is -0.0333. The van der Waals surface area contributed by atoms with E-state index in [4.69, 9.17) is 4.74 Å². The van der Waals surface area contributed by atoms with Crippen LogP contribution in [0.25, 0.3) is 0 Å². The first-order valence-corrected chi connectivity index (χ1v) is 9.08. The number of rotatable bonds is 2. The Morgan fingerprint density at radius 1 is 1.17 bits per heavy atom. The first-order chi connectivity index (χ1) is 11.3. The van der Waals surface area contributed by atoms with Crippen LogP contribution in [0.5, 0.6) is 0 Å². The number of hydrogen-bond donors (Lipinski definition) is 0. The van der Waals surface area contributed by atoms with E-state index in [-0.39, 0.29) is 12.1 Å². The van der Waals surface area contributed by atoms with Crippen LogP contribution in [0, 0.1) is 11.8 Å². The molecule has 2 fully saturated rings. The van der Waals surface area contributed by atoms with E-state index in [0.29, 0.717) is 11.8 Å². The van der Waals surface area contributed by atoms with Crippen molar-refractivity contribution < 1.29 is 9.53 Å². The monoisotopic (exact) mass is 330 g/mol. The number of likely N-dealkylation sites (tertiary alicyclic amines) is 2. The molecule has 0 spiro atoms. The second kappa shape index (κ2) is 6.75. The summed E-state index contributed by atoms with van der Waals surface area (Å²) in [4.78, 5) is 17.0. The molecule has 0 N–H and O–H groups in total. The summed E-state index contributed by atoms with van der Waals surface area (Å²) >= 11 is 0. The predicted molar refractivity (Wildman–Crippen MR) is 95.7 cm³/mol. The molecular formula is C20H30N2O2. The quantitative estimate of drug-likeness (QED) is 0.827. The minimum atomic E-state index is -0.428. The number of fused-ring (bicyclic) bond motifs is 2. The van der Waals surface area contributed by atoms with Gasteiger partial charge in [0, 0.05) is 32.2 Å². The third kappa shape index (κ3) is 4.10. The highest BCUT2D eigenvalue weighted by atomic mass is 16.6. The highest BCUT2D eigenvalue weighted by Gasteiger charge is 2.41. The van der Waals surface area contributed by atoms with Crippen molar-refractivity contribution in [2.45, 2.75) is 52.3 Å². The summed E-state index contributed by atoms with van der Waals surface area (Å²) in [5.41, 5.74) is 0.942. The summed E-state index contributed by atoms with van der Waals surface area (Å²) < 4.78 is 5.61. The van der Waals surface area contributed by atoms with Crippen LogP contribution in [0.15, 0.2) is 30.3 Å². The Morgan fingerprint density at radius 3 is 2.54 bits per heavy atom. The summed E-state index contributed by atoms with van der Waals surface area (Å²) in [7, 11) is 0. The van der Waals surface area contributed by atoms with Gasteiger partial charge < -0.3 is 9.64 Å². The number of carbonyl (C=O) groups is 1. The van der Waals surface area contributed by atoms with E-state index >= 15 is 0 Å². The fourth-order valence-corrected chi connectivity index (χ4v) is 4.06. The number of nitrogens with zero attached hydrogens (tertiary/aromatic N) is 2. The Labute approximate surface area is 145 Å². The van der Waals surface area contributed by atoms with Crippen LogP contribution < -0.4 is 0 Å². The van der Waals surface area contributed by atoms with Crippen LogP contribution in [0.4, 0.5) is 4.79 Å². The van der Waals surface area contributed by atoms with Crippen molar-refractivity contribution in [3.63, 3.8) is 0 Å². The zero-order valence-corrected chi connectivity index (χ0v) is 15.4. The van der Waals surface area contributed by atoms with Gasteiger partial charge in [0.15, 0.2) is 0 Å². The maximum atomic E-state index is 12.5. The van der Waals surface area contributed by atoms with Crippen molar-refractivity contribution in [1.29, 1.82) is 0 Å². The molecule has 0 aliphatic carbocycles. The van der Waals surface area contributed by atoms with E-state index in [0.717, 1.165) is 26.2 Å². The van der Waals surface area contributed by atoms with Gasteiger partial charge in [0.1, 0.15) is 5.60 Å². The summed E-state index contributed by atoms with van der Waals surface area (Å²) in [6.07, 6.45) is 1.08. The summed E-state index contributed by atoms with van der Waals surface area (Å²) in [5.74, 6) is 1.09. The fraction of sp³-hybridized carbons (Fsp3) is 0.650. The first kappa shape index (κ1) is 17.3. The molecule has 0 radical (unpaired) electrons. The summed E-state index contributed by atoms with van der Waals surface area (Å²) in [6.45, 7) is 11.9. The van der Waals surface area contributed by atoms with Crippen molar-refractivity contribution in [3.8, 4) is 0 Å². The molecule has 3 atom stereocenters. The molecule has 3 rings (SSSR count). The molecule has 2 heterocycles. The van der Waals surface area contributed by atoms with Gasteiger partial charge in [-0.3, -0.25) is 4.90 Å². The third-order valence-electron chi connectivity index (χ3n) is 5.15. The topological polar surface area (TPSA) is 32.8 Å². The number of carbonyl (C=O) groups excluding carboxylic acids is 1. The molecule has 0 unspecified atom stereocenters. The Balaban J connectivity index is 1.63. The van der Waals surface area contributed by atoms with Crippen LogP contribution in [-0.2, 0) is 11.3 Å². The molecule has 2 aliphatic heterocycles. The fourth-order valence-electron chi connectivity index (χ4n) is 4.06. The number of ether oxygens (including phenoxy) is 1. The Hall–Kier alpha value is -1.55. The zero-order valence-electron chi connectivity index (χ0n) is 15.4. The molecule has 2 aliphatic rings. The van der Waals surface area contributed by atoms with Gasteiger partial charge in [-0.15, -0.1) is 0 Å². The molecule has 1 aromatic rings. The summed E-state index contributed by atoms with van der Waals surface area (Å²) in [5, 5.41) is 0. The third-order valence-corrected chi connectivity index (χ3v) is 5.15. The molecule has 132 valence electrons. The van der Waals surface area contributed by atoms with Crippen molar-refractivity contribution in [1.82, 2.24) is 9.80 Å². The number of benzene rings is 1.